The van der Waals surface area contributed by atoms with Gasteiger partial charge in [-0.1, -0.05) is 12.1 Å². The lowest BCUT2D eigenvalue weighted by Gasteiger charge is -2.02. The summed E-state index contributed by atoms with van der Waals surface area (Å²) >= 11 is 0. The zero-order chi connectivity index (χ0) is 14.1. The number of hydrogen-bond donors (Lipinski definition) is 0. The molecule has 0 radical (unpaired) electrons. The van der Waals surface area contributed by atoms with Gasteiger partial charge in [-0.25, -0.2) is 9.03 Å². The molecule has 5 heteroatoms. The van der Waals surface area contributed by atoms with Gasteiger partial charge >= 0.3 is 0 Å². The number of hydrogen-bond acceptors (Lipinski definition) is 3. The van der Waals surface area contributed by atoms with E-state index in [1.165, 1.54) is 0 Å². The molecule has 4 rings (SSSR count). The Morgan fingerprint density at radius 3 is 1.81 bits per heavy atom. The van der Waals surface area contributed by atoms with Crippen molar-refractivity contribution in [3.63, 3.8) is 0 Å². The van der Waals surface area contributed by atoms with Gasteiger partial charge in [0.1, 0.15) is 0 Å². The zero-order valence-corrected chi connectivity index (χ0v) is 11.4. The van der Waals surface area contributed by atoms with Crippen LogP contribution in [-0.4, -0.2) is 19.2 Å². The van der Waals surface area contributed by atoms with Gasteiger partial charge in [0.05, 0.1) is 36.6 Å². The molecule has 0 aliphatic carbocycles. The molecule has 0 amide bonds. The summed E-state index contributed by atoms with van der Waals surface area (Å²) < 4.78 is 9.54. The molecule has 0 aliphatic heterocycles. The fourth-order valence-electron chi connectivity index (χ4n) is 2.47. The molecule has 4 heterocycles. The van der Waals surface area contributed by atoms with Crippen molar-refractivity contribution in [2.75, 3.05) is 0 Å². The monoisotopic (exact) mass is 278 g/mol. The third-order valence-corrected chi connectivity index (χ3v) is 3.53. The van der Waals surface area contributed by atoms with Crippen LogP contribution in [0.25, 0.3) is 11.0 Å². The van der Waals surface area contributed by atoms with Crippen molar-refractivity contribution in [2.45, 2.75) is 13.2 Å². The number of nitrogens with zero attached hydrogens (tertiary/aromatic N) is 4. The molecule has 0 saturated carbocycles. The molecule has 4 aromatic rings. The zero-order valence-electron chi connectivity index (χ0n) is 11.4. The van der Waals surface area contributed by atoms with E-state index in [1.807, 2.05) is 70.2 Å². The second-order valence-electron chi connectivity index (χ2n) is 4.89. The van der Waals surface area contributed by atoms with Gasteiger partial charge in [0.2, 0.25) is 0 Å². The first-order chi connectivity index (χ1) is 10.4. The normalized spacial score (nSPS) is 11.4. The van der Waals surface area contributed by atoms with E-state index >= 15 is 0 Å². The predicted octanol–water partition coefficient (Wildman–Crippen LogP) is 2.70. The van der Waals surface area contributed by atoms with Gasteiger partial charge in [0.15, 0.2) is 0 Å². The second-order valence-corrected chi connectivity index (χ2v) is 4.89. The highest BCUT2D eigenvalue weighted by molar-refractivity contribution is 5.54. The molecule has 0 unspecified atom stereocenters. The van der Waals surface area contributed by atoms with Gasteiger partial charge in [0.25, 0.3) is 0 Å². The van der Waals surface area contributed by atoms with Gasteiger partial charge in [-0.2, -0.15) is 10.2 Å². The SMILES string of the molecule is c1ccn2ncc(COCc3cnn4ccccc34)c2c1. The van der Waals surface area contributed by atoms with Crippen LogP contribution >= 0.6 is 0 Å². The average molecular weight is 278 g/mol. The standard InChI is InChI=1S/C16H14N4O/c1-3-7-19-15(5-1)13(9-17-19)11-21-12-14-10-18-20-8-4-2-6-16(14)20/h1-10H,11-12H2. The van der Waals surface area contributed by atoms with E-state index in [9.17, 15) is 0 Å². The Balaban J connectivity index is 1.50. The van der Waals surface area contributed by atoms with Crippen LogP contribution in [0.15, 0.2) is 61.2 Å². The number of aromatic nitrogens is 4. The van der Waals surface area contributed by atoms with Crippen LogP contribution in [0.3, 0.4) is 0 Å². The van der Waals surface area contributed by atoms with E-state index in [2.05, 4.69) is 10.2 Å². The summed E-state index contributed by atoms with van der Waals surface area (Å²) in [6.45, 7) is 1.08. The van der Waals surface area contributed by atoms with E-state index in [0.717, 1.165) is 22.2 Å². The second kappa shape index (κ2) is 5.03. The first kappa shape index (κ1) is 12.1. The van der Waals surface area contributed by atoms with Gasteiger partial charge < -0.3 is 4.74 Å². The van der Waals surface area contributed by atoms with E-state index < -0.39 is 0 Å². The van der Waals surface area contributed by atoms with Crippen LogP contribution in [0.4, 0.5) is 0 Å². The van der Waals surface area contributed by atoms with Crippen LogP contribution in [0.5, 0.6) is 0 Å². The van der Waals surface area contributed by atoms with Gasteiger partial charge in [-0.05, 0) is 24.3 Å². The Morgan fingerprint density at radius 2 is 1.29 bits per heavy atom. The van der Waals surface area contributed by atoms with Gasteiger partial charge in [-0.3, -0.25) is 0 Å². The maximum absolute atomic E-state index is 5.83. The molecule has 0 aliphatic rings. The Morgan fingerprint density at radius 1 is 0.762 bits per heavy atom. The first-order valence-electron chi connectivity index (χ1n) is 6.82. The number of pyridine rings is 2. The molecule has 21 heavy (non-hydrogen) atoms. The molecule has 0 aromatic carbocycles. The molecular formula is C16H14N4O. The van der Waals surface area contributed by atoms with Crippen molar-refractivity contribution in [2.24, 2.45) is 0 Å². The molecule has 0 bridgehead atoms. The third kappa shape index (κ3) is 2.17. The lowest BCUT2D eigenvalue weighted by atomic mass is 10.2. The highest BCUT2D eigenvalue weighted by Gasteiger charge is 2.06. The molecule has 5 nitrogen and oxygen atoms in total. The lowest BCUT2D eigenvalue weighted by molar-refractivity contribution is 0.109. The topological polar surface area (TPSA) is 43.8 Å². The van der Waals surface area contributed by atoms with E-state index in [-0.39, 0.29) is 0 Å². The molecule has 0 spiro atoms. The van der Waals surface area contributed by atoms with Gasteiger partial charge in [-0.15, -0.1) is 0 Å². The summed E-state index contributed by atoms with van der Waals surface area (Å²) in [5, 5.41) is 8.61. The molecule has 0 fully saturated rings. The van der Waals surface area contributed by atoms with E-state index in [0.29, 0.717) is 13.2 Å². The van der Waals surface area contributed by atoms with Crippen LogP contribution in [-0.2, 0) is 18.0 Å². The van der Waals surface area contributed by atoms with Crippen LogP contribution in [0.1, 0.15) is 11.1 Å². The van der Waals surface area contributed by atoms with Crippen molar-refractivity contribution >= 4 is 11.0 Å². The molecule has 0 atom stereocenters. The number of ether oxygens (including phenoxy) is 1. The van der Waals surface area contributed by atoms with Crippen molar-refractivity contribution in [1.29, 1.82) is 0 Å². The van der Waals surface area contributed by atoms with Crippen molar-refractivity contribution in [3.8, 4) is 0 Å². The van der Waals surface area contributed by atoms with Crippen molar-refractivity contribution < 1.29 is 4.74 Å². The number of rotatable bonds is 4. The third-order valence-electron chi connectivity index (χ3n) is 3.53. The van der Waals surface area contributed by atoms with Gasteiger partial charge in [0, 0.05) is 23.5 Å². The minimum Gasteiger partial charge on any atom is -0.372 e. The Bertz CT molecular complexity index is 819. The predicted molar refractivity (Wildman–Crippen MR) is 78.9 cm³/mol. The van der Waals surface area contributed by atoms with Crippen molar-refractivity contribution in [1.82, 2.24) is 19.2 Å². The molecule has 0 N–H and O–H groups in total. The molecule has 0 saturated heterocycles. The first-order valence-corrected chi connectivity index (χ1v) is 6.82. The molecule has 4 aromatic heterocycles. The summed E-state index contributed by atoms with van der Waals surface area (Å²) in [7, 11) is 0. The Hall–Kier alpha value is -2.66. The van der Waals surface area contributed by atoms with Crippen LogP contribution in [0, 0.1) is 0 Å². The minimum absolute atomic E-state index is 0.539. The molecular weight excluding hydrogens is 264 g/mol. The average Bonchev–Trinajstić information content (AvgIpc) is 3.13. The lowest BCUT2D eigenvalue weighted by Crippen LogP contribution is -1.94. The summed E-state index contributed by atoms with van der Waals surface area (Å²) in [5.74, 6) is 0. The Labute approximate surface area is 121 Å². The highest BCUT2D eigenvalue weighted by atomic mass is 16.5. The van der Waals surface area contributed by atoms with Crippen LogP contribution in [0.2, 0.25) is 0 Å². The fourth-order valence-corrected chi connectivity index (χ4v) is 2.47. The van der Waals surface area contributed by atoms with E-state index in [4.69, 9.17) is 4.74 Å². The Kier molecular flexibility index (Phi) is 2.90. The summed E-state index contributed by atoms with van der Waals surface area (Å²) in [6, 6.07) is 12.0. The van der Waals surface area contributed by atoms with Crippen molar-refractivity contribution in [3.05, 3.63) is 72.3 Å². The van der Waals surface area contributed by atoms with Crippen LogP contribution < -0.4 is 0 Å². The maximum Gasteiger partial charge on any atom is 0.0758 e. The largest absolute Gasteiger partial charge is 0.372 e. The summed E-state index contributed by atoms with van der Waals surface area (Å²) in [5.41, 5.74) is 4.34. The summed E-state index contributed by atoms with van der Waals surface area (Å²) in [6.07, 6.45) is 7.57. The smallest absolute Gasteiger partial charge is 0.0758 e. The molecule has 104 valence electrons. The summed E-state index contributed by atoms with van der Waals surface area (Å²) in [4.78, 5) is 0. The maximum atomic E-state index is 5.83. The fraction of sp³-hybridized carbons (Fsp3) is 0.125. The highest BCUT2D eigenvalue weighted by Crippen LogP contribution is 2.14. The quantitative estimate of drug-likeness (QED) is 0.576. The minimum atomic E-state index is 0.539. The van der Waals surface area contributed by atoms with E-state index in [1.54, 1.807) is 0 Å². The number of fused-ring (bicyclic) bond motifs is 2.